The summed E-state index contributed by atoms with van der Waals surface area (Å²) in [6, 6.07) is 0. The Hall–Kier alpha value is 0.954. The Morgan fingerprint density at radius 3 is 1.80 bits per heavy atom. The fraction of sp³-hybridized carbons (Fsp3) is 0. The van der Waals surface area contributed by atoms with Crippen molar-refractivity contribution in [3.8, 4) is 0 Å². The van der Waals surface area contributed by atoms with Gasteiger partial charge in [0.15, 0.2) is 0 Å². The molecular weight excluding hydrogens is 138 g/mol. The van der Waals surface area contributed by atoms with E-state index in [0.29, 0.717) is 0 Å². The Bertz CT molecular complexity index is 32.6. The third-order valence-corrected chi connectivity index (χ3v) is 0. The van der Waals surface area contributed by atoms with Crippen LogP contribution in [0.3, 0.4) is 0 Å². The first-order valence-corrected chi connectivity index (χ1v) is 1.57. The number of rotatable bonds is 0. The Balaban J connectivity index is 0. The predicted octanol–water partition coefficient (Wildman–Crippen LogP) is 0.157. The maximum absolute atomic E-state index is 4.71. The molecule has 0 fully saturated rings. The summed E-state index contributed by atoms with van der Waals surface area (Å²) in [4.78, 5) is 0. The maximum Gasteiger partial charge on any atom is 0.128 e. The molecule has 0 aliphatic carbocycles. The molecule has 0 spiro atoms. The predicted molar refractivity (Wildman–Crippen MR) is 25.8 cm³/mol. The van der Waals surface area contributed by atoms with Crippen LogP contribution in [0.4, 0.5) is 0 Å². The summed E-state index contributed by atoms with van der Waals surface area (Å²) in [6.07, 6.45) is 0. The van der Waals surface area contributed by atoms with Gasteiger partial charge >= 0.3 is 0 Å². The van der Waals surface area contributed by atoms with Crippen molar-refractivity contribution in [3.63, 3.8) is 0 Å². The van der Waals surface area contributed by atoms with E-state index in [1.807, 2.05) is 0 Å². The Labute approximate surface area is 56.6 Å². The molecule has 4 heteroatoms. The average Bonchev–Trinajstić information content (AvgIpc) is 0.811. The van der Waals surface area contributed by atoms with Gasteiger partial charge in [0.1, 0.15) is 4.32 Å². The summed E-state index contributed by atoms with van der Waals surface area (Å²) >= 11 is 7.65. The minimum Gasteiger partial charge on any atom is -0.385 e. The third-order valence-electron chi connectivity index (χ3n) is 0. The van der Waals surface area contributed by atoms with E-state index in [1.54, 1.807) is 0 Å². The topological polar surface area (TPSA) is 26.0 Å². The van der Waals surface area contributed by atoms with Crippen LogP contribution in [-0.2, 0) is 21.7 Å². The Morgan fingerprint density at radius 1 is 1.80 bits per heavy atom. The molecule has 0 heterocycles. The van der Waals surface area contributed by atoms with Gasteiger partial charge < -0.3 is 5.73 Å². The molecule has 5 heavy (non-hydrogen) atoms. The maximum atomic E-state index is 4.71. The zero-order valence-corrected chi connectivity index (χ0v) is 5.71. The SMILES string of the molecule is NC(=S)S.[Ti]. The van der Waals surface area contributed by atoms with E-state index in [9.17, 15) is 0 Å². The van der Waals surface area contributed by atoms with Crippen LogP contribution in [0.25, 0.3) is 0 Å². The molecule has 0 radical (unpaired) electrons. The molecule has 0 aromatic carbocycles. The van der Waals surface area contributed by atoms with Crippen LogP contribution in [0.5, 0.6) is 0 Å². The van der Waals surface area contributed by atoms with Gasteiger partial charge in [-0.15, -0.1) is 12.6 Å². The zero-order chi connectivity index (χ0) is 3.58. The summed E-state index contributed by atoms with van der Waals surface area (Å²) in [7, 11) is 0. The molecule has 0 rings (SSSR count). The van der Waals surface area contributed by atoms with Gasteiger partial charge in [-0.25, -0.2) is 0 Å². The van der Waals surface area contributed by atoms with Gasteiger partial charge in [0, 0.05) is 21.7 Å². The van der Waals surface area contributed by atoms with Crippen LogP contribution in [0.15, 0.2) is 0 Å². The van der Waals surface area contributed by atoms with E-state index in [4.69, 9.17) is 5.73 Å². The van der Waals surface area contributed by atoms with Crippen LogP contribution in [-0.4, -0.2) is 4.32 Å². The fourth-order valence-corrected chi connectivity index (χ4v) is 0. The van der Waals surface area contributed by atoms with Gasteiger partial charge in [-0.05, 0) is 0 Å². The summed E-state index contributed by atoms with van der Waals surface area (Å²) < 4.78 is 0.194. The summed E-state index contributed by atoms with van der Waals surface area (Å²) in [5, 5.41) is 0. The van der Waals surface area contributed by atoms with Gasteiger partial charge in [-0.3, -0.25) is 0 Å². The molecule has 0 saturated heterocycles. The Kier molecular flexibility index (Phi) is 9.26. The fourth-order valence-electron chi connectivity index (χ4n) is 0. The summed E-state index contributed by atoms with van der Waals surface area (Å²) in [5.74, 6) is 0. The Morgan fingerprint density at radius 2 is 1.80 bits per heavy atom. The smallest absolute Gasteiger partial charge is 0.128 e. The van der Waals surface area contributed by atoms with Gasteiger partial charge in [0.2, 0.25) is 0 Å². The first-order chi connectivity index (χ1) is 1.73. The monoisotopic (exact) mass is 141 g/mol. The van der Waals surface area contributed by atoms with Crippen LogP contribution < -0.4 is 5.73 Å². The van der Waals surface area contributed by atoms with Crippen LogP contribution in [0.1, 0.15) is 0 Å². The largest absolute Gasteiger partial charge is 0.385 e. The van der Waals surface area contributed by atoms with Crippen molar-refractivity contribution in [2.45, 2.75) is 0 Å². The van der Waals surface area contributed by atoms with E-state index in [-0.39, 0.29) is 26.0 Å². The number of thiol groups is 1. The second-order valence-corrected chi connectivity index (χ2v) is 1.56. The number of thiocarbonyl (C=S) groups is 1. The number of hydrogen-bond acceptors (Lipinski definition) is 1. The van der Waals surface area contributed by atoms with Gasteiger partial charge in [-0.1, -0.05) is 12.2 Å². The van der Waals surface area contributed by atoms with Crippen LogP contribution in [0, 0.1) is 0 Å². The molecule has 0 saturated carbocycles. The van der Waals surface area contributed by atoms with E-state index in [0.717, 1.165) is 0 Å². The van der Waals surface area contributed by atoms with Gasteiger partial charge in [0.05, 0.1) is 0 Å². The van der Waals surface area contributed by atoms with E-state index >= 15 is 0 Å². The molecule has 0 aromatic rings. The van der Waals surface area contributed by atoms with Gasteiger partial charge in [0.25, 0.3) is 0 Å². The molecule has 0 atom stereocenters. The van der Waals surface area contributed by atoms with Crippen molar-refractivity contribution in [1.29, 1.82) is 0 Å². The van der Waals surface area contributed by atoms with Crippen molar-refractivity contribution < 1.29 is 21.7 Å². The standard InChI is InChI=1S/CH3NS2.Ti/c2-1(3)4;/h(H3,2,3,4);. The normalized spacial score (nSPS) is 5.00. The summed E-state index contributed by atoms with van der Waals surface area (Å²) in [5.41, 5.74) is 4.71. The van der Waals surface area contributed by atoms with Crippen molar-refractivity contribution in [2.75, 3.05) is 0 Å². The number of hydrogen-bond donors (Lipinski definition) is 2. The second kappa shape index (κ2) is 4.95. The molecule has 28 valence electrons. The van der Waals surface area contributed by atoms with E-state index in [1.165, 1.54) is 0 Å². The molecule has 0 aliphatic rings. The molecule has 0 aromatic heterocycles. The molecule has 0 unspecified atom stereocenters. The molecule has 2 N–H and O–H groups in total. The van der Waals surface area contributed by atoms with Crippen molar-refractivity contribution >= 4 is 29.2 Å². The minimum absolute atomic E-state index is 0. The van der Waals surface area contributed by atoms with Crippen molar-refractivity contribution in [2.24, 2.45) is 5.73 Å². The molecule has 1 nitrogen and oxygen atoms in total. The van der Waals surface area contributed by atoms with E-state index in [2.05, 4.69) is 24.8 Å². The quantitative estimate of drug-likeness (QED) is 0.285. The average molecular weight is 141 g/mol. The zero-order valence-electron chi connectivity index (χ0n) is 2.43. The number of nitrogens with two attached hydrogens (primary N) is 1. The third kappa shape index (κ3) is 47.5. The minimum atomic E-state index is 0. The van der Waals surface area contributed by atoms with Crippen LogP contribution in [0.2, 0.25) is 0 Å². The van der Waals surface area contributed by atoms with Gasteiger partial charge in [-0.2, -0.15) is 0 Å². The van der Waals surface area contributed by atoms with Crippen molar-refractivity contribution in [1.82, 2.24) is 0 Å². The van der Waals surface area contributed by atoms with E-state index < -0.39 is 0 Å². The summed E-state index contributed by atoms with van der Waals surface area (Å²) in [6.45, 7) is 0. The molecule has 0 bridgehead atoms. The molecular formula is CH3NS2Ti. The molecule has 0 aliphatic heterocycles. The first kappa shape index (κ1) is 9.35. The first-order valence-electron chi connectivity index (χ1n) is 0.716. The second-order valence-electron chi connectivity index (χ2n) is 0.338. The molecule has 0 amide bonds. The van der Waals surface area contributed by atoms with Crippen molar-refractivity contribution in [3.05, 3.63) is 0 Å². The van der Waals surface area contributed by atoms with Crippen LogP contribution >= 0.6 is 24.8 Å².